The fraction of sp³-hybridized carbons (Fsp3) is 1.00. The number of nitrogens with two attached hydrogens (primary N) is 2. The molecule has 0 aromatic rings. The molecular weight excluding hydrogens is 176 g/mol. The van der Waals surface area contributed by atoms with Crippen molar-refractivity contribution in [3.05, 3.63) is 0 Å². The van der Waals surface area contributed by atoms with E-state index in [1.165, 1.54) is 12.8 Å². The average Bonchev–Trinajstić information content (AvgIpc) is 2.24. The first-order valence-corrected chi connectivity index (χ1v) is 5.87. The maximum Gasteiger partial charge on any atom is 0.0754 e. The number of ether oxygens (including phenoxy) is 1. The van der Waals surface area contributed by atoms with Crippen LogP contribution in [0.5, 0.6) is 0 Å². The van der Waals surface area contributed by atoms with E-state index in [1.807, 2.05) is 0 Å². The highest BCUT2D eigenvalue weighted by molar-refractivity contribution is 4.97. The topological polar surface area (TPSA) is 61.3 Å². The van der Waals surface area contributed by atoms with Gasteiger partial charge in [-0.1, -0.05) is 0 Å². The minimum absolute atomic E-state index is 0.0731. The van der Waals surface area contributed by atoms with Gasteiger partial charge in [0.05, 0.1) is 6.10 Å². The van der Waals surface area contributed by atoms with Gasteiger partial charge >= 0.3 is 0 Å². The van der Waals surface area contributed by atoms with Gasteiger partial charge in [-0.25, -0.2) is 0 Å². The fourth-order valence-electron chi connectivity index (χ4n) is 2.69. The molecular formula is C11H22N2O. The molecule has 2 fully saturated rings. The maximum atomic E-state index is 6.42. The Morgan fingerprint density at radius 2 is 1.79 bits per heavy atom. The molecule has 4 N–H and O–H groups in total. The van der Waals surface area contributed by atoms with Gasteiger partial charge < -0.3 is 16.2 Å². The first-order chi connectivity index (χ1) is 6.71. The molecule has 3 heteroatoms. The van der Waals surface area contributed by atoms with Crippen LogP contribution in [0.3, 0.4) is 0 Å². The number of rotatable bonds is 1. The Bertz CT molecular complexity index is 182. The smallest absolute Gasteiger partial charge is 0.0754 e. The predicted octanol–water partition coefficient (Wildman–Crippen LogP) is 1.15. The molecule has 2 aliphatic rings. The van der Waals surface area contributed by atoms with Crippen molar-refractivity contribution in [3.63, 3.8) is 0 Å². The summed E-state index contributed by atoms with van der Waals surface area (Å²) in [5.41, 5.74) is 12.2. The van der Waals surface area contributed by atoms with E-state index in [0.29, 0.717) is 12.1 Å². The Hall–Kier alpha value is -0.120. The molecule has 0 spiro atoms. The first-order valence-electron chi connectivity index (χ1n) is 5.87. The SMILES string of the molecule is NC1CCC(N)(C2CCCCO2)CC1. The van der Waals surface area contributed by atoms with E-state index in [0.717, 1.165) is 38.7 Å². The molecule has 1 aliphatic heterocycles. The highest BCUT2D eigenvalue weighted by Crippen LogP contribution is 2.33. The predicted molar refractivity (Wildman–Crippen MR) is 57.0 cm³/mol. The van der Waals surface area contributed by atoms with Gasteiger partial charge in [-0.15, -0.1) is 0 Å². The van der Waals surface area contributed by atoms with Crippen molar-refractivity contribution in [1.29, 1.82) is 0 Å². The second-order valence-corrected chi connectivity index (χ2v) is 4.93. The summed E-state index contributed by atoms with van der Waals surface area (Å²) in [6, 6.07) is 0.371. The minimum atomic E-state index is -0.0731. The molecule has 0 bridgehead atoms. The summed E-state index contributed by atoms with van der Waals surface area (Å²) in [5, 5.41) is 0. The average molecular weight is 198 g/mol. The molecule has 0 radical (unpaired) electrons. The van der Waals surface area contributed by atoms with Crippen LogP contribution in [0.25, 0.3) is 0 Å². The summed E-state index contributed by atoms with van der Waals surface area (Å²) >= 11 is 0. The second kappa shape index (κ2) is 4.17. The van der Waals surface area contributed by atoms with Gasteiger partial charge in [0.2, 0.25) is 0 Å². The summed E-state index contributed by atoms with van der Waals surface area (Å²) in [5.74, 6) is 0. The minimum Gasteiger partial charge on any atom is -0.376 e. The Morgan fingerprint density at radius 1 is 1.07 bits per heavy atom. The summed E-state index contributed by atoms with van der Waals surface area (Å²) in [6.45, 7) is 0.898. The van der Waals surface area contributed by atoms with Crippen LogP contribution in [0.4, 0.5) is 0 Å². The van der Waals surface area contributed by atoms with Crippen molar-refractivity contribution in [1.82, 2.24) is 0 Å². The highest BCUT2D eigenvalue weighted by atomic mass is 16.5. The molecule has 0 aromatic carbocycles. The zero-order valence-corrected chi connectivity index (χ0v) is 8.87. The summed E-state index contributed by atoms with van der Waals surface area (Å²) in [4.78, 5) is 0. The van der Waals surface area contributed by atoms with E-state index >= 15 is 0 Å². The third-order valence-electron chi connectivity index (χ3n) is 3.78. The first kappa shape index (κ1) is 10.4. The lowest BCUT2D eigenvalue weighted by Crippen LogP contribution is -2.56. The van der Waals surface area contributed by atoms with Crippen LogP contribution < -0.4 is 11.5 Å². The van der Waals surface area contributed by atoms with Crippen LogP contribution in [0.15, 0.2) is 0 Å². The zero-order valence-electron chi connectivity index (χ0n) is 8.87. The number of hydrogen-bond acceptors (Lipinski definition) is 3. The third-order valence-corrected chi connectivity index (χ3v) is 3.78. The molecule has 1 saturated carbocycles. The van der Waals surface area contributed by atoms with E-state index in [2.05, 4.69) is 0 Å². The Kier molecular flexibility index (Phi) is 3.10. The van der Waals surface area contributed by atoms with Crippen LogP contribution in [-0.2, 0) is 4.74 Å². The van der Waals surface area contributed by atoms with Crippen molar-refractivity contribution in [2.45, 2.75) is 62.6 Å². The van der Waals surface area contributed by atoms with Crippen molar-refractivity contribution >= 4 is 0 Å². The Morgan fingerprint density at radius 3 is 2.36 bits per heavy atom. The Balaban J connectivity index is 1.93. The molecule has 3 nitrogen and oxygen atoms in total. The largest absolute Gasteiger partial charge is 0.376 e. The van der Waals surface area contributed by atoms with Crippen LogP contribution in [0.2, 0.25) is 0 Å². The standard InChI is InChI=1S/C11H22N2O/c12-9-4-6-11(13,7-5-9)10-3-1-2-8-14-10/h9-10H,1-8,12-13H2. The van der Waals surface area contributed by atoms with E-state index in [-0.39, 0.29) is 5.54 Å². The molecule has 1 saturated heterocycles. The molecule has 1 unspecified atom stereocenters. The lowest BCUT2D eigenvalue weighted by molar-refractivity contribution is -0.0449. The van der Waals surface area contributed by atoms with Crippen LogP contribution >= 0.6 is 0 Å². The van der Waals surface area contributed by atoms with Crippen LogP contribution in [-0.4, -0.2) is 24.3 Å². The van der Waals surface area contributed by atoms with Gasteiger partial charge in [0.15, 0.2) is 0 Å². The Labute approximate surface area is 86.2 Å². The molecule has 0 amide bonds. The van der Waals surface area contributed by atoms with Gasteiger partial charge in [-0.3, -0.25) is 0 Å². The summed E-state index contributed by atoms with van der Waals surface area (Å²) < 4.78 is 5.79. The molecule has 2 rings (SSSR count). The maximum absolute atomic E-state index is 6.42. The second-order valence-electron chi connectivity index (χ2n) is 4.93. The molecule has 14 heavy (non-hydrogen) atoms. The van der Waals surface area contributed by atoms with Gasteiger partial charge in [0.1, 0.15) is 0 Å². The van der Waals surface area contributed by atoms with Crippen molar-refractivity contribution in [3.8, 4) is 0 Å². The third kappa shape index (κ3) is 2.10. The van der Waals surface area contributed by atoms with Gasteiger partial charge in [0.25, 0.3) is 0 Å². The molecule has 1 atom stereocenters. The number of hydrogen-bond donors (Lipinski definition) is 2. The van der Waals surface area contributed by atoms with E-state index in [1.54, 1.807) is 0 Å². The van der Waals surface area contributed by atoms with Crippen molar-refractivity contribution < 1.29 is 4.74 Å². The molecule has 1 aliphatic carbocycles. The van der Waals surface area contributed by atoms with Crippen molar-refractivity contribution in [2.75, 3.05) is 6.61 Å². The molecule has 82 valence electrons. The lowest BCUT2D eigenvalue weighted by atomic mass is 9.75. The molecule has 0 aromatic heterocycles. The fourth-order valence-corrected chi connectivity index (χ4v) is 2.69. The van der Waals surface area contributed by atoms with E-state index in [9.17, 15) is 0 Å². The van der Waals surface area contributed by atoms with Crippen LogP contribution in [0, 0.1) is 0 Å². The monoisotopic (exact) mass is 198 g/mol. The summed E-state index contributed by atoms with van der Waals surface area (Å²) in [7, 11) is 0. The van der Waals surface area contributed by atoms with Gasteiger partial charge in [-0.05, 0) is 44.9 Å². The van der Waals surface area contributed by atoms with Crippen LogP contribution in [0.1, 0.15) is 44.9 Å². The van der Waals surface area contributed by atoms with E-state index < -0.39 is 0 Å². The lowest BCUT2D eigenvalue weighted by Gasteiger charge is -2.43. The van der Waals surface area contributed by atoms with E-state index in [4.69, 9.17) is 16.2 Å². The highest BCUT2D eigenvalue weighted by Gasteiger charge is 2.39. The molecule has 1 heterocycles. The van der Waals surface area contributed by atoms with Gasteiger partial charge in [0, 0.05) is 18.2 Å². The summed E-state index contributed by atoms with van der Waals surface area (Å²) in [6.07, 6.45) is 8.13. The van der Waals surface area contributed by atoms with Crippen molar-refractivity contribution in [2.24, 2.45) is 11.5 Å². The quantitative estimate of drug-likeness (QED) is 0.664. The zero-order chi connectivity index (χ0) is 10.0. The normalized spacial score (nSPS) is 45.0. The van der Waals surface area contributed by atoms with Gasteiger partial charge in [-0.2, -0.15) is 0 Å².